The molecule has 0 radical (unpaired) electrons. The predicted molar refractivity (Wildman–Crippen MR) is 83.9 cm³/mol. The second kappa shape index (κ2) is 6.91. The van der Waals surface area contributed by atoms with E-state index in [4.69, 9.17) is 17.0 Å². The van der Waals surface area contributed by atoms with Gasteiger partial charge in [0, 0.05) is 13.2 Å². The predicted octanol–water partition coefficient (Wildman–Crippen LogP) is 2.31. The van der Waals surface area contributed by atoms with E-state index in [9.17, 15) is 0 Å². The molecule has 20 heavy (non-hydrogen) atoms. The van der Waals surface area contributed by atoms with Crippen molar-refractivity contribution in [1.29, 1.82) is 0 Å². The van der Waals surface area contributed by atoms with Crippen LogP contribution in [-0.4, -0.2) is 21.5 Å². The van der Waals surface area contributed by atoms with E-state index in [0.717, 1.165) is 17.1 Å². The lowest BCUT2D eigenvalue weighted by Gasteiger charge is -2.13. The SMILES string of the molecule is CCOc1ccccc1NC(=S)NCc1ccn(C)n1. The molecule has 5 nitrogen and oxygen atoms in total. The van der Waals surface area contributed by atoms with Crippen molar-refractivity contribution in [2.45, 2.75) is 13.5 Å². The molecule has 2 rings (SSSR count). The first-order valence-corrected chi connectivity index (χ1v) is 6.85. The number of thiocarbonyl (C=S) groups is 1. The second-order valence-corrected chi connectivity index (χ2v) is 4.63. The second-order valence-electron chi connectivity index (χ2n) is 4.22. The van der Waals surface area contributed by atoms with E-state index in [1.807, 2.05) is 50.5 Å². The summed E-state index contributed by atoms with van der Waals surface area (Å²) < 4.78 is 7.30. The first-order chi connectivity index (χ1) is 9.69. The molecule has 0 saturated heterocycles. The number of para-hydroxylation sites is 2. The molecular formula is C14H18N4OS. The van der Waals surface area contributed by atoms with Crippen LogP contribution in [0.15, 0.2) is 36.5 Å². The van der Waals surface area contributed by atoms with Gasteiger partial charge in [-0.1, -0.05) is 12.1 Å². The third kappa shape index (κ3) is 3.96. The fraction of sp³-hybridized carbons (Fsp3) is 0.286. The van der Waals surface area contributed by atoms with Gasteiger partial charge in [0.1, 0.15) is 5.75 Å². The third-order valence-electron chi connectivity index (χ3n) is 2.63. The van der Waals surface area contributed by atoms with Gasteiger partial charge in [-0.05, 0) is 37.3 Å². The summed E-state index contributed by atoms with van der Waals surface area (Å²) in [7, 11) is 1.89. The molecule has 0 atom stereocenters. The summed E-state index contributed by atoms with van der Waals surface area (Å²) in [6.07, 6.45) is 1.90. The van der Waals surface area contributed by atoms with E-state index in [2.05, 4.69) is 15.7 Å². The Bertz CT molecular complexity index is 582. The Morgan fingerprint density at radius 3 is 2.85 bits per heavy atom. The molecule has 0 aliphatic carbocycles. The minimum atomic E-state index is 0.544. The number of nitrogens with one attached hydrogen (secondary N) is 2. The molecule has 0 amide bonds. The fourth-order valence-electron chi connectivity index (χ4n) is 1.75. The lowest BCUT2D eigenvalue weighted by atomic mass is 10.3. The molecule has 1 aromatic heterocycles. The highest BCUT2D eigenvalue weighted by atomic mass is 32.1. The molecule has 0 unspecified atom stereocenters. The lowest BCUT2D eigenvalue weighted by Crippen LogP contribution is -2.28. The van der Waals surface area contributed by atoms with Crippen LogP contribution in [0, 0.1) is 0 Å². The number of nitrogens with zero attached hydrogens (tertiary/aromatic N) is 2. The molecule has 106 valence electrons. The number of hydrogen-bond acceptors (Lipinski definition) is 3. The Labute approximate surface area is 123 Å². The fourth-order valence-corrected chi connectivity index (χ4v) is 1.93. The Kier molecular flexibility index (Phi) is 4.95. The number of aromatic nitrogens is 2. The number of ether oxygens (including phenoxy) is 1. The highest BCUT2D eigenvalue weighted by Crippen LogP contribution is 2.23. The zero-order chi connectivity index (χ0) is 14.4. The Morgan fingerprint density at radius 2 is 2.15 bits per heavy atom. The molecule has 1 aromatic carbocycles. The maximum absolute atomic E-state index is 5.54. The molecule has 0 fully saturated rings. The summed E-state index contributed by atoms with van der Waals surface area (Å²) >= 11 is 5.27. The standard InChI is InChI=1S/C14H18N4OS/c1-3-19-13-7-5-4-6-12(13)16-14(20)15-10-11-8-9-18(2)17-11/h4-9H,3,10H2,1-2H3,(H2,15,16,20). The number of rotatable bonds is 5. The van der Waals surface area contributed by atoms with E-state index in [1.165, 1.54) is 0 Å². The topological polar surface area (TPSA) is 51.1 Å². The first kappa shape index (κ1) is 14.3. The maximum atomic E-state index is 5.54. The summed E-state index contributed by atoms with van der Waals surface area (Å²) in [5.41, 5.74) is 1.79. The number of benzene rings is 1. The van der Waals surface area contributed by atoms with Crippen LogP contribution in [0.1, 0.15) is 12.6 Å². The van der Waals surface area contributed by atoms with Gasteiger partial charge in [-0.3, -0.25) is 4.68 Å². The van der Waals surface area contributed by atoms with Crippen LogP contribution in [0.3, 0.4) is 0 Å². The third-order valence-corrected chi connectivity index (χ3v) is 2.88. The minimum absolute atomic E-state index is 0.544. The molecule has 2 N–H and O–H groups in total. The van der Waals surface area contributed by atoms with Crippen molar-refractivity contribution in [3.63, 3.8) is 0 Å². The quantitative estimate of drug-likeness (QED) is 0.828. The van der Waals surface area contributed by atoms with Gasteiger partial charge in [0.15, 0.2) is 5.11 Å². The molecule has 0 aliphatic rings. The van der Waals surface area contributed by atoms with Gasteiger partial charge in [-0.15, -0.1) is 0 Å². The van der Waals surface area contributed by atoms with E-state index < -0.39 is 0 Å². The molecule has 0 aliphatic heterocycles. The van der Waals surface area contributed by atoms with Gasteiger partial charge >= 0.3 is 0 Å². The van der Waals surface area contributed by atoms with Crippen LogP contribution in [0.25, 0.3) is 0 Å². The van der Waals surface area contributed by atoms with Gasteiger partial charge in [-0.25, -0.2) is 0 Å². The summed E-state index contributed by atoms with van der Waals surface area (Å²) in [6, 6.07) is 9.66. The zero-order valence-corrected chi connectivity index (χ0v) is 12.4. The molecule has 6 heteroatoms. The largest absolute Gasteiger partial charge is 0.492 e. The average Bonchev–Trinajstić information content (AvgIpc) is 2.85. The molecule has 2 aromatic rings. The number of hydrogen-bond donors (Lipinski definition) is 2. The summed E-state index contributed by atoms with van der Waals surface area (Å²) in [4.78, 5) is 0. The van der Waals surface area contributed by atoms with Crippen molar-refractivity contribution in [3.8, 4) is 5.75 Å². The summed E-state index contributed by atoms with van der Waals surface area (Å²) in [6.45, 7) is 3.16. The molecule has 0 spiro atoms. The molecule has 0 bridgehead atoms. The summed E-state index contributed by atoms with van der Waals surface area (Å²) in [5, 5.41) is 11.1. The van der Waals surface area contributed by atoms with Gasteiger partial charge in [0.25, 0.3) is 0 Å². The minimum Gasteiger partial charge on any atom is -0.492 e. The smallest absolute Gasteiger partial charge is 0.171 e. The zero-order valence-electron chi connectivity index (χ0n) is 11.6. The van der Waals surface area contributed by atoms with Crippen molar-refractivity contribution < 1.29 is 4.74 Å². The lowest BCUT2D eigenvalue weighted by molar-refractivity contribution is 0.342. The normalized spacial score (nSPS) is 10.1. The summed E-state index contributed by atoms with van der Waals surface area (Å²) in [5.74, 6) is 0.789. The first-order valence-electron chi connectivity index (χ1n) is 6.44. The molecule has 0 saturated carbocycles. The molecule has 1 heterocycles. The Hall–Kier alpha value is -2.08. The van der Waals surface area contributed by atoms with E-state index in [1.54, 1.807) is 4.68 Å². The Morgan fingerprint density at radius 1 is 1.35 bits per heavy atom. The van der Waals surface area contributed by atoms with Gasteiger partial charge < -0.3 is 15.4 Å². The monoisotopic (exact) mass is 290 g/mol. The maximum Gasteiger partial charge on any atom is 0.171 e. The number of aryl methyl sites for hydroxylation is 1. The van der Waals surface area contributed by atoms with Crippen LogP contribution in [-0.2, 0) is 13.6 Å². The van der Waals surface area contributed by atoms with Gasteiger partial charge in [0.2, 0.25) is 0 Å². The van der Waals surface area contributed by atoms with Crippen molar-refractivity contribution >= 4 is 23.0 Å². The van der Waals surface area contributed by atoms with E-state index in [-0.39, 0.29) is 0 Å². The van der Waals surface area contributed by atoms with Crippen LogP contribution in [0.2, 0.25) is 0 Å². The van der Waals surface area contributed by atoms with Gasteiger partial charge in [-0.2, -0.15) is 5.10 Å². The van der Waals surface area contributed by atoms with Gasteiger partial charge in [0.05, 0.1) is 24.5 Å². The van der Waals surface area contributed by atoms with Crippen LogP contribution >= 0.6 is 12.2 Å². The van der Waals surface area contributed by atoms with Crippen LogP contribution in [0.5, 0.6) is 5.75 Å². The van der Waals surface area contributed by atoms with Crippen molar-refractivity contribution in [1.82, 2.24) is 15.1 Å². The van der Waals surface area contributed by atoms with Crippen LogP contribution in [0.4, 0.5) is 5.69 Å². The van der Waals surface area contributed by atoms with Crippen molar-refractivity contribution in [3.05, 3.63) is 42.2 Å². The number of anilines is 1. The van der Waals surface area contributed by atoms with Crippen molar-refractivity contribution in [2.24, 2.45) is 7.05 Å². The van der Waals surface area contributed by atoms with Crippen LogP contribution < -0.4 is 15.4 Å². The Balaban J connectivity index is 1.91. The van der Waals surface area contributed by atoms with E-state index >= 15 is 0 Å². The highest BCUT2D eigenvalue weighted by molar-refractivity contribution is 7.80. The molecular weight excluding hydrogens is 272 g/mol. The average molecular weight is 290 g/mol. The van der Waals surface area contributed by atoms with Crippen molar-refractivity contribution in [2.75, 3.05) is 11.9 Å². The highest BCUT2D eigenvalue weighted by Gasteiger charge is 2.04. The van der Waals surface area contributed by atoms with E-state index in [0.29, 0.717) is 18.3 Å².